The summed E-state index contributed by atoms with van der Waals surface area (Å²) in [6.07, 6.45) is 5.25. The molecule has 176 valence electrons. The smallest absolute Gasteiger partial charge is 0.254 e. The highest BCUT2D eigenvalue weighted by Crippen LogP contribution is 2.40. The van der Waals surface area contributed by atoms with Gasteiger partial charge in [-0.3, -0.25) is 9.20 Å². The van der Waals surface area contributed by atoms with Crippen LogP contribution in [0.15, 0.2) is 48.8 Å². The summed E-state index contributed by atoms with van der Waals surface area (Å²) < 4.78 is 21.0. The number of carbonyl (C=O) groups excluding carboxylic acids is 1. The minimum Gasteiger partial charge on any atom is -0.381 e. The molecule has 1 spiro atoms. The summed E-state index contributed by atoms with van der Waals surface area (Å²) in [5, 5.41) is 9.97. The molecule has 0 aliphatic carbocycles. The second-order valence-corrected chi connectivity index (χ2v) is 9.28. The van der Waals surface area contributed by atoms with Gasteiger partial charge >= 0.3 is 0 Å². The minimum atomic E-state index is -0.337. The van der Waals surface area contributed by atoms with Crippen molar-refractivity contribution in [1.82, 2.24) is 25.0 Å². The number of benzene rings is 1. The zero-order chi connectivity index (χ0) is 23.6. The van der Waals surface area contributed by atoms with Gasteiger partial charge in [0.15, 0.2) is 0 Å². The van der Waals surface area contributed by atoms with Gasteiger partial charge in [0.1, 0.15) is 17.3 Å². The van der Waals surface area contributed by atoms with E-state index in [0.717, 1.165) is 55.1 Å². The molecule has 3 N–H and O–H groups in total. The number of nitrogens with one attached hydrogen (secondary N) is 3. The standard InChI is InChI=1S/C26H23FN6O2/c27-15-5-8-33-21(14-28-23(33)11-15)16-1-3-19(24-17(16)12-29-25(24)34)31-22-4-2-18-20(32-22)13-30-26(18)6-9-35-10-7-26/h1-5,8,11,14,30H,6-7,9-10,12-13H2,(H,29,34)(H,31,32). The topological polar surface area (TPSA) is 92.6 Å². The number of imidazole rings is 1. The van der Waals surface area contributed by atoms with Crippen molar-refractivity contribution >= 4 is 23.1 Å². The minimum absolute atomic E-state index is 0.0428. The largest absolute Gasteiger partial charge is 0.381 e. The molecular weight excluding hydrogens is 447 g/mol. The third kappa shape index (κ3) is 3.15. The Balaban J connectivity index is 1.25. The summed E-state index contributed by atoms with van der Waals surface area (Å²) in [5.41, 5.74) is 6.64. The normalized spacial score (nSPS) is 18.0. The van der Waals surface area contributed by atoms with Crippen LogP contribution in [-0.2, 0) is 23.4 Å². The van der Waals surface area contributed by atoms with E-state index in [1.807, 2.05) is 22.6 Å². The van der Waals surface area contributed by atoms with Crippen LogP contribution in [0.4, 0.5) is 15.9 Å². The first-order chi connectivity index (χ1) is 17.1. The SMILES string of the molecule is O=C1NCc2c(-c3cnc4cc(F)ccn34)ccc(Nc3ccc4c(n3)CNC43CCOCC3)c21. The van der Waals surface area contributed by atoms with Gasteiger partial charge in [-0.1, -0.05) is 12.1 Å². The first-order valence-corrected chi connectivity index (χ1v) is 11.8. The van der Waals surface area contributed by atoms with Gasteiger partial charge in [-0.25, -0.2) is 14.4 Å². The van der Waals surface area contributed by atoms with Crippen LogP contribution >= 0.6 is 0 Å². The van der Waals surface area contributed by atoms with Crippen LogP contribution in [-0.4, -0.2) is 33.5 Å². The molecule has 0 saturated carbocycles. The Morgan fingerprint density at radius 1 is 1.11 bits per heavy atom. The van der Waals surface area contributed by atoms with Crippen molar-refractivity contribution in [2.24, 2.45) is 0 Å². The third-order valence-corrected chi connectivity index (χ3v) is 7.41. The molecule has 0 atom stereocenters. The quantitative estimate of drug-likeness (QED) is 0.424. The van der Waals surface area contributed by atoms with E-state index in [1.54, 1.807) is 12.4 Å². The van der Waals surface area contributed by atoms with E-state index in [-0.39, 0.29) is 17.3 Å². The molecule has 0 radical (unpaired) electrons. The number of rotatable bonds is 3. The fraction of sp³-hybridized carbons (Fsp3) is 0.269. The lowest BCUT2D eigenvalue weighted by molar-refractivity contribution is 0.0408. The zero-order valence-corrected chi connectivity index (χ0v) is 18.9. The Bertz CT molecular complexity index is 1510. The number of ether oxygens (including phenoxy) is 1. The predicted octanol–water partition coefficient (Wildman–Crippen LogP) is 3.63. The number of hydrogen-bond donors (Lipinski definition) is 3. The van der Waals surface area contributed by atoms with E-state index in [1.165, 1.54) is 17.7 Å². The van der Waals surface area contributed by atoms with Crippen LogP contribution in [0.1, 0.15) is 40.0 Å². The average molecular weight is 471 g/mol. The van der Waals surface area contributed by atoms with E-state index >= 15 is 0 Å². The number of nitrogens with zero attached hydrogens (tertiary/aromatic N) is 3. The molecule has 1 saturated heterocycles. The average Bonchev–Trinajstić information content (AvgIpc) is 3.56. The molecule has 1 amide bonds. The Kier molecular flexibility index (Phi) is 4.46. The highest BCUT2D eigenvalue weighted by atomic mass is 19.1. The van der Waals surface area contributed by atoms with Gasteiger partial charge in [-0.2, -0.15) is 0 Å². The maximum absolute atomic E-state index is 13.6. The summed E-state index contributed by atoms with van der Waals surface area (Å²) >= 11 is 0. The number of halogens is 1. The second-order valence-electron chi connectivity index (χ2n) is 9.28. The first-order valence-electron chi connectivity index (χ1n) is 11.8. The molecular formula is C26H23FN6O2. The molecule has 3 aromatic heterocycles. The van der Waals surface area contributed by atoms with Crippen molar-refractivity contribution in [2.45, 2.75) is 31.5 Å². The number of hydrogen-bond acceptors (Lipinski definition) is 6. The highest BCUT2D eigenvalue weighted by Gasteiger charge is 2.40. The molecule has 7 rings (SSSR count). The van der Waals surface area contributed by atoms with Gasteiger partial charge in [0, 0.05) is 44.1 Å². The summed E-state index contributed by atoms with van der Waals surface area (Å²) in [7, 11) is 0. The Morgan fingerprint density at radius 2 is 2.00 bits per heavy atom. The molecule has 9 heteroatoms. The fourth-order valence-corrected chi connectivity index (χ4v) is 5.64. The number of aromatic nitrogens is 3. The Hall–Kier alpha value is -3.82. The maximum Gasteiger partial charge on any atom is 0.254 e. The molecule has 0 unspecified atom stereocenters. The van der Waals surface area contributed by atoms with Crippen LogP contribution in [0, 0.1) is 5.82 Å². The van der Waals surface area contributed by atoms with E-state index in [9.17, 15) is 9.18 Å². The number of amides is 1. The molecule has 1 fully saturated rings. The van der Waals surface area contributed by atoms with Crippen molar-refractivity contribution in [3.63, 3.8) is 0 Å². The lowest BCUT2D eigenvalue weighted by atomic mass is 9.85. The summed E-state index contributed by atoms with van der Waals surface area (Å²) in [6, 6.07) is 10.8. The van der Waals surface area contributed by atoms with Crippen LogP contribution < -0.4 is 16.0 Å². The van der Waals surface area contributed by atoms with Gasteiger partial charge in [0.05, 0.1) is 34.4 Å². The second kappa shape index (κ2) is 7.59. The first kappa shape index (κ1) is 20.5. The number of pyridine rings is 2. The monoisotopic (exact) mass is 470 g/mol. The van der Waals surface area contributed by atoms with Crippen molar-refractivity contribution in [2.75, 3.05) is 18.5 Å². The number of fused-ring (bicyclic) bond motifs is 4. The summed E-state index contributed by atoms with van der Waals surface area (Å²) in [6.45, 7) is 2.64. The maximum atomic E-state index is 13.6. The summed E-state index contributed by atoms with van der Waals surface area (Å²) in [4.78, 5) is 22.0. The molecule has 8 nitrogen and oxygen atoms in total. The lowest BCUT2D eigenvalue weighted by Gasteiger charge is -2.34. The Labute approximate surface area is 200 Å². The van der Waals surface area contributed by atoms with Crippen LogP contribution in [0.25, 0.3) is 16.9 Å². The van der Waals surface area contributed by atoms with E-state index in [0.29, 0.717) is 29.3 Å². The van der Waals surface area contributed by atoms with Crippen molar-refractivity contribution in [1.29, 1.82) is 0 Å². The van der Waals surface area contributed by atoms with Gasteiger partial charge in [0.25, 0.3) is 5.91 Å². The lowest BCUT2D eigenvalue weighted by Crippen LogP contribution is -2.41. The van der Waals surface area contributed by atoms with Gasteiger partial charge in [0.2, 0.25) is 0 Å². The van der Waals surface area contributed by atoms with Crippen LogP contribution in [0.2, 0.25) is 0 Å². The van der Waals surface area contributed by atoms with E-state index in [2.05, 4.69) is 27.0 Å². The predicted molar refractivity (Wildman–Crippen MR) is 128 cm³/mol. The molecule has 4 aromatic rings. The molecule has 3 aliphatic rings. The third-order valence-electron chi connectivity index (χ3n) is 7.41. The highest BCUT2D eigenvalue weighted by molar-refractivity contribution is 6.06. The Morgan fingerprint density at radius 3 is 2.89 bits per heavy atom. The molecule has 6 heterocycles. The molecule has 3 aliphatic heterocycles. The van der Waals surface area contributed by atoms with Crippen LogP contribution in [0.5, 0.6) is 0 Å². The summed E-state index contributed by atoms with van der Waals surface area (Å²) in [5.74, 6) is 0.235. The number of carbonyl (C=O) groups is 1. The van der Waals surface area contributed by atoms with Crippen molar-refractivity contribution in [3.05, 3.63) is 77.0 Å². The van der Waals surface area contributed by atoms with Gasteiger partial charge in [-0.15, -0.1) is 0 Å². The van der Waals surface area contributed by atoms with Crippen molar-refractivity contribution < 1.29 is 13.9 Å². The fourth-order valence-electron chi connectivity index (χ4n) is 5.64. The molecule has 0 bridgehead atoms. The van der Waals surface area contributed by atoms with E-state index < -0.39 is 0 Å². The zero-order valence-electron chi connectivity index (χ0n) is 18.9. The molecule has 35 heavy (non-hydrogen) atoms. The molecule has 1 aromatic carbocycles. The van der Waals surface area contributed by atoms with Crippen LogP contribution in [0.3, 0.4) is 0 Å². The number of anilines is 2. The van der Waals surface area contributed by atoms with Gasteiger partial charge < -0.3 is 20.7 Å². The van der Waals surface area contributed by atoms with Gasteiger partial charge in [-0.05, 0) is 42.2 Å². The van der Waals surface area contributed by atoms with Crippen molar-refractivity contribution in [3.8, 4) is 11.3 Å². The van der Waals surface area contributed by atoms with E-state index in [4.69, 9.17) is 9.72 Å².